The minimum atomic E-state index is -3.38. The first-order valence-corrected chi connectivity index (χ1v) is 8.37. The van der Waals surface area contributed by atoms with Gasteiger partial charge in [-0.3, -0.25) is 9.36 Å². The first-order valence-electron chi connectivity index (χ1n) is 6.75. The molecule has 0 fully saturated rings. The second-order valence-electron chi connectivity index (χ2n) is 4.64. The van der Waals surface area contributed by atoms with E-state index in [4.69, 9.17) is 4.52 Å². The molecule has 1 aromatic rings. The van der Waals surface area contributed by atoms with Crippen molar-refractivity contribution in [1.29, 1.82) is 0 Å². The van der Waals surface area contributed by atoms with Gasteiger partial charge in [-0.15, -0.1) is 0 Å². The van der Waals surface area contributed by atoms with Crippen molar-refractivity contribution in [1.82, 2.24) is 5.09 Å². The third kappa shape index (κ3) is 4.17. The predicted octanol–water partition coefficient (Wildman–Crippen LogP) is 2.63. The highest BCUT2D eigenvalue weighted by atomic mass is 31.2. The zero-order chi connectivity index (χ0) is 15.2. The molecule has 0 spiro atoms. The lowest BCUT2D eigenvalue weighted by Gasteiger charge is -2.26. The molecule has 6 heteroatoms. The number of carboxylic acid groups (broad SMARTS) is 1. The van der Waals surface area contributed by atoms with E-state index in [-0.39, 0.29) is 12.5 Å². The largest absolute Gasteiger partial charge is 0.480 e. The lowest BCUT2D eigenvalue weighted by molar-refractivity contribution is -0.140. The van der Waals surface area contributed by atoms with Crippen molar-refractivity contribution in [3.05, 3.63) is 30.3 Å². The number of carbonyl (C=O) groups is 1. The maximum absolute atomic E-state index is 13.0. The first kappa shape index (κ1) is 16.9. The van der Waals surface area contributed by atoms with E-state index in [0.717, 1.165) is 0 Å². The summed E-state index contributed by atoms with van der Waals surface area (Å²) < 4.78 is 18.3. The van der Waals surface area contributed by atoms with E-state index in [1.54, 1.807) is 31.2 Å². The predicted molar refractivity (Wildman–Crippen MR) is 79.3 cm³/mol. The molecule has 0 bridgehead atoms. The molecule has 0 saturated heterocycles. The van der Waals surface area contributed by atoms with Gasteiger partial charge in [0.15, 0.2) is 0 Å². The number of nitrogens with one attached hydrogen (secondary N) is 1. The van der Waals surface area contributed by atoms with Gasteiger partial charge in [-0.05, 0) is 25.0 Å². The molecule has 0 aliphatic heterocycles. The van der Waals surface area contributed by atoms with Crippen molar-refractivity contribution >= 4 is 18.8 Å². The van der Waals surface area contributed by atoms with Gasteiger partial charge in [-0.1, -0.05) is 38.5 Å². The third-order valence-corrected chi connectivity index (χ3v) is 5.41. The molecular formula is C14H22NO4P. The molecular weight excluding hydrogens is 277 g/mol. The molecule has 2 N–H and O–H groups in total. The molecule has 0 radical (unpaired) electrons. The van der Waals surface area contributed by atoms with E-state index in [1.807, 2.05) is 19.9 Å². The molecule has 0 amide bonds. The maximum Gasteiger partial charge on any atom is 0.321 e. The SMILES string of the molecule is CCOP(=O)(N[C@H](C(=O)O)[C@@H](C)CC)c1ccccc1. The molecule has 112 valence electrons. The quantitative estimate of drug-likeness (QED) is 0.722. The summed E-state index contributed by atoms with van der Waals surface area (Å²) >= 11 is 0. The molecule has 1 unspecified atom stereocenters. The summed E-state index contributed by atoms with van der Waals surface area (Å²) in [6, 6.07) is 7.77. The molecule has 1 rings (SSSR count). The minimum absolute atomic E-state index is 0.148. The van der Waals surface area contributed by atoms with Crippen LogP contribution >= 0.6 is 7.52 Å². The zero-order valence-corrected chi connectivity index (χ0v) is 13.0. The average Bonchev–Trinajstić information content (AvgIpc) is 2.45. The molecule has 0 saturated carbocycles. The van der Waals surface area contributed by atoms with E-state index < -0.39 is 19.5 Å². The lowest BCUT2D eigenvalue weighted by atomic mass is 10.0. The highest BCUT2D eigenvalue weighted by Crippen LogP contribution is 2.42. The summed E-state index contributed by atoms with van der Waals surface area (Å²) in [6.07, 6.45) is 0.672. The highest BCUT2D eigenvalue weighted by Gasteiger charge is 2.34. The van der Waals surface area contributed by atoms with Crippen LogP contribution in [0.5, 0.6) is 0 Å². The van der Waals surface area contributed by atoms with Gasteiger partial charge in [0.25, 0.3) is 7.52 Å². The van der Waals surface area contributed by atoms with Crippen LogP contribution in [0.2, 0.25) is 0 Å². The Hall–Kier alpha value is -1.16. The van der Waals surface area contributed by atoms with Gasteiger partial charge in [0.1, 0.15) is 6.04 Å². The van der Waals surface area contributed by atoms with Gasteiger partial charge in [-0.25, -0.2) is 5.09 Å². The number of carboxylic acids is 1. The van der Waals surface area contributed by atoms with Crippen molar-refractivity contribution in [3.8, 4) is 0 Å². The van der Waals surface area contributed by atoms with E-state index in [1.165, 1.54) is 0 Å². The van der Waals surface area contributed by atoms with Crippen molar-refractivity contribution < 1.29 is 19.0 Å². The number of rotatable bonds is 8. The van der Waals surface area contributed by atoms with Crippen LogP contribution < -0.4 is 10.4 Å². The second-order valence-corrected chi connectivity index (χ2v) is 6.77. The normalized spacial score (nSPS) is 17.1. The average molecular weight is 299 g/mol. The summed E-state index contributed by atoms with van der Waals surface area (Å²) in [7, 11) is -3.38. The van der Waals surface area contributed by atoms with Gasteiger partial charge in [-0.2, -0.15) is 0 Å². The Morgan fingerprint density at radius 1 is 1.35 bits per heavy atom. The Morgan fingerprint density at radius 2 is 1.95 bits per heavy atom. The topological polar surface area (TPSA) is 75.6 Å². The summed E-state index contributed by atoms with van der Waals surface area (Å²) in [5.41, 5.74) is 0. The number of hydrogen-bond acceptors (Lipinski definition) is 3. The molecule has 0 heterocycles. The van der Waals surface area contributed by atoms with Crippen LogP contribution in [0.25, 0.3) is 0 Å². The van der Waals surface area contributed by atoms with Crippen LogP contribution in [0.4, 0.5) is 0 Å². The molecule has 0 aliphatic rings. The number of aliphatic carboxylic acids is 1. The van der Waals surface area contributed by atoms with Crippen molar-refractivity contribution in [2.75, 3.05) is 6.61 Å². The van der Waals surface area contributed by atoms with Crippen LogP contribution in [0.15, 0.2) is 30.3 Å². The fourth-order valence-corrected chi connectivity index (χ4v) is 3.87. The molecule has 0 aromatic heterocycles. The Morgan fingerprint density at radius 3 is 2.40 bits per heavy atom. The first-order chi connectivity index (χ1) is 9.44. The van der Waals surface area contributed by atoms with Crippen LogP contribution in [-0.2, 0) is 13.9 Å². The Kier molecular flexibility index (Phi) is 6.40. The fourth-order valence-electron chi connectivity index (χ4n) is 1.84. The van der Waals surface area contributed by atoms with E-state index >= 15 is 0 Å². The Balaban J connectivity index is 3.08. The van der Waals surface area contributed by atoms with Crippen molar-refractivity contribution in [2.24, 2.45) is 5.92 Å². The van der Waals surface area contributed by atoms with Gasteiger partial charge >= 0.3 is 5.97 Å². The Labute approximate surface area is 119 Å². The monoisotopic (exact) mass is 299 g/mol. The molecule has 0 aliphatic carbocycles. The standard InChI is InChI=1S/C14H22NO4P/c1-4-11(3)13(14(16)17)15-20(18,19-5-2)12-9-7-6-8-10-12/h6-11,13H,4-5H2,1-3H3,(H,15,18)(H,16,17)/t11-,13-,20?/m0/s1. The maximum atomic E-state index is 13.0. The summed E-state index contributed by atoms with van der Waals surface area (Å²) in [5, 5.41) is 12.5. The molecule has 5 nitrogen and oxygen atoms in total. The minimum Gasteiger partial charge on any atom is -0.480 e. The van der Waals surface area contributed by atoms with Crippen LogP contribution in [0.3, 0.4) is 0 Å². The number of hydrogen-bond donors (Lipinski definition) is 2. The highest BCUT2D eigenvalue weighted by molar-refractivity contribution is 7.65. The zero-order valence-electron chi connectivity index (χ0n) is 12.1. The Bertz CT molecular complexity index is 477. The van der Waals surface area contributed by atoms with Gasteiger partial charge < -0.3 is 9.63 Å². The smallest absolute Gasteiger partial charge is 0.321 e. The van der Waals surface area contributed by atoms with Crippen molar-refractivity contribution in [3.63, 3.8) is 0 Å². The third-order valence-electron chi connectivity index (χ3n) is 3.20. The van der Waals surface area contributed by atoms with Crippen molar-refractivity contribution in [2.45, 2.75) is 33.2 Å². The van der Waals surface area contributed by atoms with Crippen LogP contribution in [0, 0.1) is 5.92 Å². The summed E-state index contributed by atoms with van der Waals surface area (Å²) in [6.45, 7) is 5.69. The van der Waals surface area contributed by atoms with Gasteiger partial charge in [0.2, 0.25) is 0 Å². The number of benzene rings is 1. The molecule has 20 heavy (non-hydrogen) atoms. The molecule has 1 aromatic carbocycles. The summed E-state index contributed by atoms with van der Waals surface area (Å²) in [5.74, 6) is -1.17. The molecule has 3 atom stereocenters. The fraction of sp³-hybridized carbons (Fsp3) is 0.500. The second kappa shape index (κ2) is 7.58. The summed E-state index contributed by atoms with van der Waals surface area (Å²) in [4.78, 5) is 11.4. The van der Waals surface area contributed by atoms with Crippen LogP contribution in [-0.4, -0.2) is 23.7 Å². The van der Waals surface area contributed by atoms with E-state index in [0.29, 0.717) is 11.7 Å². The van der Waals surface area contributed by atoms with Gasteiger partial charge in [0.05, 0.1) is 11.9 Å². The van der Waals surface area contributed by atoms with E-state index in [2.05, 4.69) is 5.09 Å². The lowest BCUT2D eigenvalue weighted by Crippen LogP contribution is -2.42. The van der Waals surface area contributed by atoms with Crippen LogP contribution in [0.1, 0.15) is 27.2 Å². The van der Waals surface area contributed by atoms with E-state index in [9.17, 15) is 14.5 Å². The van der Waals surface area contributed by atoms with Gasteiger partial charge in [0, 0.05) is 0 Å².